The highest BCUT2D eigenvalue weighted by Gasteiger charge is 2.35. The molecule has 2 aromatic carbocycles. The molecule has 2 aliphatic rings. The molecular weight excluding hydrogens is 456 g/mol. The third kappa shape index (κ3) is 5.25. The second kappa shape index (κ2) is 10.2. The molecule has 0 aliphatic carbocycles. The Morgan fingerprint density at radius 3 is 2.39 bits per heavy atom. The van der Waals surface area contributed by atoms with Crippen molar-refractivity contribution in [2.75, 3.05) is 47.2 Å². The fourth-order valence-corrected chi connectivity index (χ4v) is 4.65. The van der Waals surface area contributed by atoms with Crippen LogP contribution in [0.15, 0.2) is 54.6 Å². The summed E-state index contributed by atoms with van der Waals surface area (Å²) in [4.78, 5) is 38.4. The molecule has 5 rings (SSSR count). The highest BCUT2D eigenvalue weighted by molar-refractivity contribution is 6.03. The smallest absolute Gasteiger partial charge is 0.229 e. The lowest BCUT2D eigenvalue weighted by Gasteiger charge is -2.18. The lowest BCUT2D eigenvalue weighted by Crippen LogP contribution is -2.28. The van der Waals surface area contributed by atoms with Gasteiger partial charge in [-0.3, -0.25) is 9.59 Å². The van der Waals surface area contributed by atoms with Crippen LogP contribution in [-0.4, -0.2) is 48.5 Å². The number of aryl methyl sites for hydroxylation is 1. The van der Waals surface area contributed by atoms with Crippen LogP contribution in [0.25, 0.3) is 0 Å². The number of nitrogens with one attached hydrogen (secondary N) is 2. The Labute approximate surface area is 210 Å². The predicted octanol–water partition coefficient (Wildman–Crippen LogP) is 4.13. The van der Waals surface area contributed by atoms with Crippen LogP contribution in [0.1, 0.15) is 25.1 Å². The van der Waals surface area contributed by atoms with Crippen LogP contribution >= 0.6 is 0 Å². The van der Waals surface area contributed by atoms with Crippen LogP contribution in [-0.2, 0) is 9.59 Å². The molecule has 9 heteroatoms. The lowest BCUT2D eigenvalue weighted by molar-refractivity contribution is -0.122. The van der Waals surface area contributed by atoms with Crippen molar-refractivity contribution in [3.05, 3.63) is 60.4 Å². The molecule has 1 unspecified atom stereocenters. The van der Waals surface area contributed by atoms with Gasteiger partial charge in [0.05, 0.1) is 13.0 Å². The average molecular weight is 487 g/mol. The quantitative estimate of drug-likeness (QED) is 0.518. The molecule has 0 bridgehead atoms. The minimum Gasteiger partial charge on any atom is -0.497 e. The summed E-state index contributed by atoms with van der Waals surface area (Å²) in [6, 6.07) is 16.7. The first-order valence-corrected chi connectivity index (χ1v) is 12.2. The van der Waals surface area contributed by atoms with Gasteiger partial charge in [-0.15, -0.1) is 0 Å². The number of aromatic nitrogens is 2. The van der Waals surface area contributed by atoms with Gasteiger partial charge in [0, 0.05) is 49.2 Å². The zero-order valence-corrected chi connectivity index (χ0v) is 20.5. The molecule has 2 aliphatic heterocycles. The van der Waals surface area contributed by atoms with Crippen LogP contribution in [0, 0.1) is 12.8 Å². The van der Waals surface area contributed by atoms with E-state index in [1.807, 2.05) is 61.5 Å². The molecule has 1 atom stereocenters. The van der Waals surface area contributed by atoms with Crippen molar-refractivity contribution in [2.24, 2.45) is 5.92 Å². The van der Waals surface area contributed by atoms with Crippen molar-refractivity contribution in [1.29, 1.82) is 0 Å². The Morgan fingerprint density at radius 2 is 1.69 bits per heavy atom. The molecule has 9 nitrogen and oxygen atoms in total. The Hall–Kier alpha value is -4.14. The molecule has 36 heavy (non-hydrogen) atoms. The molecule has 2 saturated heterocycles. The summed E-state index contributed by atoms with van der Waals surface area (Å²) < 4.78 is 5.18. The predicted molar refractivity (Wildman–Crippen MR) is 140 cm³/mol. The Kier molecular flexibility index (Phi) is 6.71. The second-order valence-electron chi connectivity index (χ2n) is 9.15. The highest BCUT2D eigenvalue weighted by Crippen LogP contribution is 2.28. The number of nitrogens with zero attached hydrogens (tertiary/aromatic N) is 4. The largest absolute Gasteiger partial charge is 0.497 e. The number of methoxy groups -OCH3 is 1. The summed E-state index contributed by atoms with van der Waals surface area (Å²) in [5.41, 5.74) is 2.30. The highest BCUT2D eigenvalue weighted by atomic mass is 16.5. The van der Waals surface area contributed by atoms with E-state index in [4.69, 9.17) is 4.74 Å². The number of carbonyl (C=O) groups is 2. The molecule has 0 radical (unpaired) electrons. The third-order valence-corrected chi connectivity index (χ3v) is 6.56. The molecule has 1 aromatic heterocycles. The summed E-state index contributed by atoms with van der Waals surface area (Å²) in [5, 5.41) is 6.27. The van der Waals surface area contributed by atoms with Crippen molar-refractivity contribution in [3.8, 4) is 5.75 Å². The first-order chi connectivity index (χ1) is 17.5. The standard InChI is InChI=1S/C27H30N6O3/c1-18-28-24(16-25(29-18)32-13-3-4-14-32)30-20-5-7-21(8-6-20)31-27(35)19-15-26(34)33(17-19)22-9-11-23(36-2)12-10-22/h5-12,16,19H,3-4,13-15,17H2,1-2H3,(H,31,35)(H,28,29,30). The molecule has 3 aromatic rings. The monoisotopic (exact) mass is 486 g/mol. The van der Waals surface area contributed by atoms with E-state index in [0.717, 1.165) is 47.7 Å². The van der Waals surface area contributed by atoms with E-state index in [2.05, 4.69) is 25.5 Å². The molecule has 3 heterocycles. The van der Waals surface area contributed by atoms with E-state index in [-0.39, 0.29) is 18.2 Å². The Balaban J connectivity index is 1.19. The van der Waals surface area contributed by atoms with Crippen molar-refractivity contribution < 1.29 is 14.3 Å². The number of anilines is 5. The van der Waals surface area contributed by atoms with Gasteiger partial charge >= 0.3 is 0 Å². The molecule has 0 saturated carbocycles. The van der Waals surface area contributed by atoms with E-state index in [1.54, 1.807) is 12.0 Å². The van der Waals surface area contributed by atoms with Gasteiger partial charge in [0.25, 0.3) is 0 Å². The maximum absolute atomic E-state index is 12.9. The molecule has 2 fully saturated rings. The first kappa shape index (κ1) is 23.6. The first-order valence-electron chi connectivity index (χ1n) is 12.2. The second-order valence-corrected chi connectivity index (χ2v) is 9.15. The summed E-state index contributed by atoms with van der Waals surface area (Å²) in [6.07, 6.45) is 2.56. The molecular formula is C27H30N6O3. The van der Waals surface area contributed by atoms with Gasteiger partial charge in [0.2, 0.25) is 11.8 Å². The van der Waals surface area contributed by atoms with Crippen LogP contribution in [0.2, 0.25) is 0 Å². The lowest BCUT2D eigenvalue weighted by atomic mass is 10.1. The van der Waals surface area contributed by atoms with Crippen LogP contribution in [0.3, 0.4) is 0 Å². The average Bonchev–Trinajstić information content (AvgIpc) is 3.55. The number of rotatable bonds is 7. The van der Waals surface area contributed by atoms with Crippen molar-refractivity contribution in [1.82, 2.24) is 9.97 Å². The molecule has 2 amide bonds. The normalized spacial score (nSPS) is 17.4. The summed E-state index contributed by atoms with van der Waals surface area (Å²) in [6.45, 7) is 4.29. The van der Waals surface area contributed by atoms with Crippen molar-refractivity contribution in [3.63, 3.8) is 0 Å². The minimum absolute atomic E-state index is 0.0618. The number of ether oxygens (including phenoxy) is 1. The van der Waals surface area contributed by atoms with Gasteiger partial charge in [-0.2, -0.15) is 0 Å². The fraction of sp³-hybridized carbons (Fsp3) is 0.333. The van der Waals surface area contributed by atoms with Crippen LogP contribution in [0.5, 0.6) is 5.75 Å². The van der Waals surface area contributed by atoms with E-state index < -0.39 is 5.92 Å². The molecule has 186 valence electrons. The van der Waals surface area contributed by atoms with Crippen molar-refractivity contribution >= 4 is 40.5 Å². The number of benzene rings is 2. The molecule has 2 N–H and O–H groups in total. The number of hydrogen-bond acceptors (Lipinski definition) is 7. The van der Waals surface area contributed by atoms with Crippen molar-refractivity contribution in [2.45, 2.75) is 26.2 Å². The maximum atomic E-state index is 12.9. The van der Waals surface area contributed by atoms with E-state index in [1.165, 1.54) is 12.8 Å². The van der Waals surface area contributed by atoms with Gasteiger partial charge < -0.3 is 25.2 Å². The maximum Gasteiger partial charge on any atom is 0.229 e. The topological polar surface area (TPSA) is 99.7 Å². The van der Waals surface area contributed by atoms with Gasteiger partial charge in [-0.05, 0) is 68.3 Å². The number of carbonyl (C=O) groups excluding carboxylic acids is 2. The van der Waals surface area contributed by atoms with Gasteiger partial charge in [-0.25, -0.2) is 9.97 Å². The Morgan fingerprint density at radius 1 is 1.00 bits per heavy atom. The summed E-state index contributed by atoms with van der Waals surface area (Å²) >= 11 is 0. The third-order valence-electron chi connectivity index (χ3n) is 6.56. The van der Waals surface area contributed by atoms with Crippen LogP contribution in [0.4, 0.5) is 28.7 Å². The van der Waals surface area contributed by atoms with E-state index in [0.29, 0.717) is 12.2 Å². The minimum atomic E-state index is -0.412. The van der Waals surface area contributed by atoms with Crippen LogP contribution < -0.4 is 25.2 Å². The zero-order chi connectivity index (χ0) is 25.1. The van der Waals surface area contributed by atoms with Gasteiger partial charge in [0.15, 0.2) is 0 Å². The number of amides is 2. The van der Waals surface area contributed by atoms with E-state index in [9.17, 15) is 9.59 Å². The SMILES string of the molecule is COc1ccc(N2CC(C(=O)Nc3ccc(Nc4cc(N5CCCC5)nc(C)n4)cc3)CC2=O)cc1. The summed E-state index contributed by atoms with van der Waals surface area (Å²) in [7, 11) is 1.60. The zero-order valence-electron chi connectivity index (χ0n) is 20.5. The van der Waals surface area contributed by atoms with E-state index >= 15 is 0 Å². The number of hydrogen-bond donors (Lipinski definition) is 2. The summed E-state index contributed by atoms with van der Waals surface area (Å²) in [5.74, 6) is 2.49. The van der Waals surface area contributed by atoms with Gasteiger partial charge in [-0.1, -0.05) is 0 Å². The van der Waals surface area contributed by atoms with Gasteiger partial charge in [0.1, 0.15) is 23.2 Å². The Bertz CT molecular complexity index is 1240. The molecule has 0 spiro atoms. The fourth-order valence-electron chi connectivity index (χ4n) is 4.65.